The van der Waals surface area contributed by atoms with E-state index in [9.17, 15) is 9.00 Å². The van der Waals surface area contributed by atoms with Crippen molar-refractivity contribution in [2.45, 2.75) is 24.0 Å². The summed E-state index contributed by atoms with van der Waals surface area (Å²) in [5, 5.41) is -0.141. The molecule has 3 atom stereocenters. The zero-order valence-corrected chi connectivity index (χ0v) is 11.0. The van der Waals surface area contributed by atoms with Gasteiger partial charge in [-0.15, -0.1) is 0 Å². The third kappa shape index (κ3) is 2.02. The van der Waals surface area contributed by atoms with E-state index in [2.05, 4.69) is 0 Å². The Hall–Kier alpha value is -1.16. The monoisotopic (exact) mass is 252 g/mol. The summed E-state index contributed by atoms with van der Waals surface area (Å²) >= 11 is 0. The highest BCUT2D eigenvalue weighted by atomic mass is 32.2. The van der Waals surface area contributed by atoms with E-state index in [4.69, 9.17) is 4.74 Å². The molecule has 0 aromatic heterocycles. The van der Waals surface area contributed by atoms with Crippen molar-refractivity contribution in [1.29, 1.82) is 0 Å². The van der Waals surface area contributed by atoms with E-state index >= 15 is 0 Å². The molecular weight excluding hydrogens is 236 g/mol. The predicted molar refractivity (Wildman–Crippen MR) is 65.9 cm³/mol. The van der Waals surface area contributed by atoms with Crippen molar-refractivity contribution in [3.05, 3.63) is 30.3 Å². The van der Waals surface area contributed by atoms with Gasteiger partial charge in [0.1, 0.15) is 0 Å². The van der Waals surface area contributed by atoms with Crippen LogP contribution in [0.2, 0.25) is 0 Å². The molecule has 1 aliphatic carbocycles. The van der Waals surface area contributed by atoms with Gasteiger partial charge in [0, 0.05) is 4.90 Å². The van der Waals surface area contributed by atoms with Gasteiger partial charge in [0.15, 0.2) is 0 Å². The SMILES string of the molecule is COC(=O)C1[C@H](S(=O)c2ccccc2)C1(C)C. The zero-order chi connectivity index (χ0) is 12.6. The first-order valence-electron chi connectivity index (χ1n) is 5.53. The lowest BCUT2D eigenvalue weighted by molar-refractivity contribution is -0.142. The molecule has 0 N–H and O–H groups in total. The Bertz CT molecular complexity index is 453. The van der Waals surface area contributed by atoms with Crippen LogP contribution in [0.5, 0.6) is 0 Å². The van der Waals surface area contributed by atoms with Crippen LogP contribution in [0.15, 0.2) is 35.2 Å². The molecule has 0 aliphatic heterocycles. The summed E-state index contributed by atoms with van der Waals surface area (Å²) in [4.78, 5) is 12.4. The molecule has 0 heterocycles. The van der Waals surface area contributed by atoms with E-state index in [-0.39, 0.29) is 22.6 Å². The molecular formula is C13H16O3S. The molecule has 3 nitrogen and oxygen atoms in total. The van der Waals surface area contributed by atoms with Crippen LogP contribution in [0.4, 0.5) is 0 Å². The first kappa shape index (κ1) is 12.3. The highest BCUT2D eigenvalue weighted by molar-refractivity contribution is 7.86. The fourth-order valence-corrected chi connectivity index (χ4v) is 4.29. The van der Waals surface area contributed by atoms with Gasteiger partial charge in [-0.25, -0.2) is 0 Å². The van der Waals surface area contributed by atoms with Crippen molar-refractivity contribution in [3.63, 3.8) is 0 Å². The minimum Gasteiger partial charge on any atom is -0.469 e. The standard InChI is InChI=1S/C13H16O3S/c1-13(2)10(12(14)16-3)11(13)17(15)9-7-5-4-6-8-9/h4-8,10-11H,1-3H3/t10?,11-,17?/m0/s1. The number of methoxy groups -OCH3 is 1. The Labute approximate surface area is 104 Å². The Kier molecular flexibility index (Phi) is 3.08. The third-order valence-electron chi connectivity index (χ3n) is 3.39. The summed E-state index contributed by atoms with van der Waals surface area (Å²) in [6, 6.07) is 9.26. The van der Waals surface area contributed by atoms with Gasteiger partial charge >= 0.3 is 5.97 Å². The van der Waals surface area contributed by atoms with E-state index < -0.39 is 10.8 Å². The largest absolute Gasteiger partial charge is 0.469 e. The maximum absolute atomic E-state index is 12.4. The van der Waals surface area contributed by atoms with Gasteiger partial charge in [-0.2, -0.15) is 0 Å². The van der Waals surface area contributed by atoms with E-state index in [1.807, 2.05) is 44.2 Å². The van der Waals surface area contributed by atoms with Gasteiger partial charge < -0.3 is 4.74 Å². The molecule has 92 valence electrons. The van der Waals surface area contributed by atoms with E-state index in [0.717, 1.165) is 4.90 Å². The van der Waals surface area contributed by atoms with Crippen LogP contribution in [0, 0.1) is 11.3 Å². The molecule has 0 bridgehead atoms. The zero-order valence-electron chi connectivity index (χ0n) is 10.2. The maximum atomic E-state index is 12.4. The molecule has 1 fully saturated rings. The molecule has 0 saturated heterocycles. The number of carbonyl (C=O) groups is 1. The highest BCUT2D eigenvalue weighted by Gasteiger charge is 2.65. The molecule has 1 aliphatic rings. The molecule has 1 saturated carbocycles. The van der Waals surface area contributed by atoms with Crippen LogP contribution in [0.1, 0.15) is 13.8 Å². The average molecular weight is 252 g/mol. The fourth-order valence-electron chi connectivity index (χ4n) is 2.25. The molecule has 4 heteroatoms. The summed E-state index contributed by atoms with van der Waals surface area (Å²) in [6.45, 7) is 3.92. The lowest BCUT2D eigenvalue weighted by atomic mass is 10.1. The van der Waals surface area contributed by atoms with Gasteiger partial charge in [-0.05, 0) is 17.5 Å². The Balaban J connectivity index is 2.21. The normalized spacial score (nSPS) is 27.2. The fraction of sp³-hybridized carbons (Fsp3) is 0.462. The number of hydrogen-bond donors (Lipinski definition) is 0. The van der Waals surface area contributed by atoms with Crippen molar-refractivity contribution < 1.29 is 13.7 Å². The lowest BCUT2D eigenvalue weighted by Crippen LogP contribution is -2.09. The first-order chi connectivity index (χ1) is 8.00. The molecule has 1 aromatic rings. The van der Waals surface area contributed by atoms with Crippen LogP contribution in [0.3, 0.4) is 0 Å². The van der Waals surface area contributed by atoms with Gasteiger partial charge in [-0.1, -0.05) is 32.0 Å². The van der Waals surface area contributed by atoms with E-state index in [0.29, 0.717) is 0 Å². The van der Waals surface area contributed by atoms with Crippen LogP contribution >= 0.6 is 0 Å². The molecule has 2 rings (SSSR count). The van der Waals surface area contributed by atoms with Crippen molar-refractivity contribution in [3.8, 4) is 0 Å². The predicted octanol–water partition coefficient (Wildman–Crippen LogP) is 1.99. The van der Waals surface area contributed by atoms with Gasteiger partial charge in [0.05, 0.1) is 29.1 Å². The van der Waals surface area contributed by atoms with Crippen LogP contribution in [-0.2, 0) is 20.3 Å². The van der Waals surface area contributed by atoms with Crippen molar-refractivity contribution in [2.24, 2.45) is 11.3 Å². The summed E-state index contributed by atoms with van der Waals surface area (Å²) in [7, 11) is 0.228. The van der Waals surface area contributed by atoms with Gasteiger partial charge in [0.25, 0.3) is 0 Å². The minimum atomic E-state index is -1.15. The second-order valence-electron chi connectivity index (χ2n) is 4.85. The maximum Gasteiger partial charge on any atom is 0.310 e. The second-order valence-corrected chi connectivity index (χ2v) is 6.43. The van der Waals surface area contributed by atoms with Crippen LogP contribution in [-0.4, -0.2) is 22.5 Å². The number of esters is 1. The van der Waals surface area contributed by atoms with Crippen molar-refractivity contribution in [2.75, 3.05) is 7.11 Å². The van der Waals surface area contributed by atoms with Crippen LogP contribution in [0.25, 0.3) is 0 Å². The number of benzene rings is 1. The second kappa shape index (κ2) is 4.26. The Morgan fingerprint density at radius 2 is 1.88 bits per heavy atom. The average Bonchev–Trinajstić information content (AvgIpc) is 2.91. The number of carbonyl (C=O) groups excluding carboxylic acids is 1. The van der Waals surface area contributed by atoms with E-state index in [1.165, 1.54) is 7.11 Å². The molecule has 2 unspecified atom stereocenters. The molecule has 0 amide bonds. The van der Waals surface area contributed by atoms with Crippen molar-refractivity contribution >= 4 is 16.8 Å². The summed E-state index contributed by atoms with van der Waals surface area (Å²) in [6.07, 6.45) is 0. The summed E-state index contributed by atoms with van der Waals surface area (Å²) < 4.78 is 17.1. The Morgan fingerprint density at radius 1 is 1.29 bits per heavy atom. The van der Waals surface area contributed by atoms with Crippen LogP contribution < -0.4 is 0 Å². The summed E-state index contributed by atoms with van der Waals surface area (Å²) in [5.74, 6) is -0.516. The lowest BCUT2D eigenvalue weighted by Gasteiger charge is -2.02. The number of ether oxygens (including phenoxy) is 1. The highest BCUT2D eigenvalue weighted by Crippen LogP contribution is 2.56. The molecule has 0 radical (unpaired) electrons. The smallest absolute Gasteiger partial charge is 0.310 e. The summed E-state index contributed by atoms with van der Waals surface area (Å²) in [5.41, 5.74) is -0.242. The third-order valence-corrected chi connectivity index (χ3v) is 5.47. The molecule has 1 aromatic carbocycles. The molecule has 0 spiro atoms. The molecule has 17 heavy (non-hydrogen) atoms. The van der Waals surface area contributed by atoms with Gasteiger partial charge in [0.2, 0.25) is 0 Å². The number of hydrogen-bond acceptors (Lipinski definition) is 3. The quantitative estimate of drug-likeness (QED) is 0.773. The van der Waals surface area contributed by atoms with E-state index in [1.54, 1.807) is 0 Å². The topological polar surface area (TPSA) is 43.4 Å². The first-order valence-corrected chi connectivity index (χ1v) is 6.75. The minimum absolute atomic E-state index is 0.141. The Morgan fingerprint density at radius 3 is 2.41 bits per heavy atom. The van der Waals surface area contributed by atoms with Gasteiger partial charge in [-0.3, -0.25) is 9.00 Å². The van der Waals surface area contributed by atoms with Crippen molar-refractivity contribution in [1.82, 2.24) is 0 Å². The number of rotatable bonds is 3.